The fourth-order valence-electron chi connectivity index (χ4n) is 3.67. The highest BCUT2D eigenvalue weighted by molar-refractivity contribution is 5.85. The van der Waals surface area contributed by atoms with E-state index in [1.165, 1.54) is 51.4 Å². The topological polar surface area (TPSA) is 162 Å². The van der Waals surface area contributed by atoms with Crippen molar-refractivity contribution in [3.8, 4) is 0 Å². The maximum atomic E-state index is 9.35. The summed E-state index contributed by atoms with van der Waals surface area (Å²) >= 11 is 0. The van der Waals surface area contributed by atoms with Crippen LogP contribution in [0, 0.1) is 5.92 Å². The molecule has 0 bridgehead atoms. The number of unbranched alkanes of at least 4 members (excludes halogenated alkanes) is 14. The first-order chi connectivity index (χ1) is 19.0. The molecule has 0 amide bonds. The van der Waals surface area contributed by atoms with E-state index in [2.05, 4.69) is 0 Å². The highest BCUT2D eigenvalue weighted by atomic mass is 35.5. The molecule has 0 aliphatic carbocycles. The number of hydrogen-bond donors (Lipinski definition) is 8. The van der Waals surface area contributed by atoms with Gasteiger partial charge in [-0.25, -0.2) is 0 Å². The molecule has 0 saturated heterocycles. The number of hydrogen-bond acceptors (Lipinski definition) is 8. The van der Waals surface area contributed by atoms with Crippen LogP contribution in [0.2, 0.25) is 0 Å². The Kier molecular flexibility index (Phi) is 64.1. The lowest BCUT2D eigenvalue weighted by Gasteiger charge is -2.17. The second-order valence-corrected chi connectivity index (χ2v) is 10.1. The molecule has 8 nitrogen and oxygen atoms in total. The van der Waals surface area contributed by atoms with Gasteiger partial charge in [0.1, 0.15) is 0 Å². The van der Waals surface area contributed by atoms with Gasteiger partial charge in [-0.1, -0.05) is 84.5 Å². The molecule has 0 saturated carbocycles. The van der Waals surface area contributed by atoms with Crippen molar-refractivity contribution >= 4 is 12.4 Å². The molecule has 2 atom stereocenters. The molecular weight excluding hydrogens is 536 g/mol. The summed E-state index contributed by atoms with van der Waals surface area (Å²) in [6.45, 7) is 5.89. The molecule has 0 aromatic rings. The van der Waals surface area contributed by atoms with Gasteiger partial charge in [0.2, 0.25) is 0 Å². The van der Waals surface area contributed by atoms with Crippen molar-refractivity contribution in [1.29, 1.82) is 0 Å². The second-order valence-electron chi connectivity index (χ2n) is 10.1. The molecule has 0 radical (unpaired) electrons. The van der Waals surface area contributed by atoms with E-state index in [4.69, 9.17) is 35.7 Å². The first-order valence-corrected chi connectivity index (χ1v) is 15.9. The van der Waals surface area contributed by atoms with Gasteiger partial charge in [-0.3, -0.25) is 0 Å². The third kappa shape index (κ3) is 54.1. The van der Waals surface area contributed by atoms with Gasteiger partial charge in [-0.2, -0.15) is 0 Å². The molecule has 0 spiro atoms. The standard InChI is InChI=1S/C12H26O2.C8H18O2.C6H14O2.C5H12O2.ClH/c13-11-9-7-5-3-1-2-4-6-8-10-12-14;1-3-5-8(10)7(4-2)6-9;7-5-3-1-2-4-6-8;6-4-2-1-3-5-7;/h13-14H,1-12H2;7-10H,3-6H2,1-2H3;7-8H,1-6H2;6-7H,1-5H2;1H. The zero-order valence-corrected chi connectivity index (χ0v) is 27.0. The third-order valence-corrected chi connectivity index (χ3v) is 6.34. The lowest BCUT2D eigenvalue weighted by Crippen LogP contribution is -2.22. The first kappa shape index (κ1) is 49.6. The molecule has 0 heterocycles. The zero-order valence-electron chi connectivity index (χ0n) is 26.2. The van der Waals surface area contributed by atoms with Gasteiger partial charge in [-0.15, -0.1) is 12.4 Å². The second kappa shape index (κ2) is 51.7. The molecule has 8 N–H and O–H groups in total. The smallest absolute Gasteiger partial charge is 0.0590 e. The van der Waals surface area contributed by atoms with Crippen LogP contribution >= 0.6 is 12.4 Å². The molecular formula is C31H71ClO8. The average molecular weight is 607 g/mol. The summed E-state index contributed by atoms with van der Waals surface area (Å²) in [6, 6.07) is 0. The Labute approximate surface area is 253 Å². The summed E-state index contributed by atoms with van der Waals surface area (Å²) in [6.07, 6.45) is 20.9. The van der Waals surface area contributed by atoms with Crippen molar-refractivity contribution in [1.82, 2.24) is 0 Å². The van der Waals surface area contributed by atoms with Gasteiger partial charge < -0.3 is 40.9 Å². The molecule has 40 heavy (non-hydrogen) atoms. The number of rotatable bonds is 25. The van der Waals surface area contributed by atoms with E-state index in [-0.39, 0.29) is 57.5 Å². The third-order valence-electron chi connectivity index (χ3n) is 6.34. The van der Waals surface area contributed by atoms with E-state index < -0.39 is 0 Å². The van der Waals surface area contributed by atoms with Crippen LogP contribution in [0.4, 0.5) is 0 Å². The summed E-state index contributed by atoms with van der Waals surface area (Å²) in [5.74, 6) is 0.0833. The first-order valence-electron chi connectivity index (χ1n) is 15.9. The maximum Gasteiger partial charge on any atom is 0.0590 e. The minimum atomic E-state index is -0.306. The Bertz CT molecular complexity index is 342. The predicted molar refractivity (Wildman–Crippen MR) is 170 cm³/mol. The summed E-state index contributed by atoms with van der Waals surface area (Å²) < 4.78 is 0. The van der Waals surface area contributed by atoms with Crippen molar-refractivity contribution in [2.45, 2.75) is 148 Å². The lowest BCUT2D eigenvalue weighted by molar-refractivity contribution is 0.0584. The summed E-state index contributed by atoms with van der Waals surface area (Å²) in [5, 5.41) is 68.3. The highest BCUT2D eigenvalue weighted by Gasteiger charge is 2.14. The van der Waals surface area contributed by atoms with Crippen LogP contribution in [0.3, 0.4) is 0 Å². The van der Waals surface area contributed by atoms with Crippen LogP contribution in [-0.2, 0) is 0 Å². The van der Waals surface area contributed by atoms with Crippen LogP contribution in [0.1, 0.15) is 142 Å². The van der Waals surface area contributed by atoms with E-state index in [1.807, 2.05) is 13.8 Å². The normalized spacial score (nSPS) is 11.6. The van der Waals surface area contributed by atoms with E-state index in [9.17, 15) is 5.11 Å². The zero-order chi connectivity index (χ0) is 30.2. The molecule has 0 aromatic carbocycles. The van der Waals surface area contributed by atoms with Gasteiger partial charge in [-0.05, 0) is 57.8 Å². The SMILES string of the molecule is CCCC(O)C(CC)CO.Cl.OCCCCCCCCCCCCO.OCCCCCCO.OCCCCCO. The fourth-order valence-corrected chi connectivity index (χ4v) is 3.67. The van der Waals surface area contributed by atoms with Crippen LogP contribution in [-0.4, -0.2) is 93.2 Å². The molecule has 0 aromatic heterocycles. The Morgan fingerprint density at radius 3 is 0.800 bits per heavy atom. The highest BCUT2D eigenvalue weighted by Crippen LogP contribution is 2.12. The summed E-state index contributed by atoms with van der Waals surface area (Å²) in [7, 11) is 0. The van der Waals surface area contributed by atoms with Crippen LogP contribution in [0.5, 0.6) is 0 Å². The Morgan fingerprint density at radius 2 is 0.625 bits per heavy atom. The number of aliphatic hydroxyl groups is 8. The van der Waals surface area contributed by atoms with Crippen LogP contribution in [0.25, 0.3) is 0 Å². The quantitative estimate of drug-likeness (QED) is 0.0663. The monoisotopic (exact) mass is 606 g/mol. The molecule has 0 rings (SSSR count). The minimum absolute atomic E-state index is 0. The molecule has 2 unspecified atom stereocenters. The molecule has 9 heteroatoms. The van der Waals surface area contributed by atoms with Crippen molar-refractivity contribution in [3.05, 3.63) is 0 Å². The number of aliphatic hydroxyl groups excluding tert-OH is 8. The fraction of sp³-hybridized carbons (Fsp3) is 1.00. The molecule has 0 aliphatic heterocycles. The molecule has 0 aliphatic rings. The van der Waals surface area contributed by atoms with E-state index in [0.717, 1.165) is 77.0 Å². The number of halogens is 1. The van der Waals surface area contributed by atoms with Crippen molar-refractivity contribution < 1.29 is 40.9 Å². The van der Waals surface area contributed by atoms with Gasteiger partial charge >= 0.3 is 0 Å². The summed E-state index contributed by atoms with van der Waals surface area (Å²) in [5.41, 5.74) is 0. The Hall–Kier alpha value is -0.0300. The molecule has 250 valence electrons. The van der Waals surface area contributed by atoms with Gasteiger partial charge in [0.05, 0.1) is 6.10 Å². The van der Waals surface area contributed by atoms with Crippen LogP contribution < -0.4 is 0 Å². The van der Waals surface area contributed by atoms with Crippen molar-refractivity contribution in [2.24, 2.45) is 5.92 Å². The Balaban J connectivity index is -0.000000140. The van der Waals surface area contributed by atoms with Gasteiger partial charge in [0, 0.05) is 52.2 Å². The predicted octanol–water partition coefficient (Wildman–Crippen LogP) is 5.13. The van der Waals surface area contributed by atoms with Crippen molar-refractivity contribution in [3.63, 3.8) is 0 Å². The molecule has 0 fully saturated rings. The van der Waals surface area contributed by atoms with E-state index in [1.54, 1.807) is 0 Å². The van der Waals surface area contributed by atoms with Gasteiger partial charge in [0.25, 0.3) is 0 Å². The van der Waals surface area contributed by atoms with Crippen molar-refractivity contribution in [2.75, 3.05) is 46.2 Å². The largest absolute Gasteiger partial charge is 0.396 e. The lowest BCUT2D eigenvalue weighted by atomic mass is 9.97. The maximum absolute atomic E-state index is 9.35. The van der Waals surface area contributed by atoms with Crippen LogP contribution in [0.15, 0.2) is 0 Å². The van der Waals surface area contributed by atoms with E-state index >= 15 is 0 Å². The Morgan fingerprint density at radius 1 is 0.400 bits per heavy atom. The average Bonchev–Trinajstić information content (AvgIpc) is 2.94. The van der Waals surface area contributed by atoms with E-state index in [0.29, 0.717) is 13.2 Å². The summed E-state index contributed by atoms with van der Waals surface area (Å²) in [4.78, 5) is 0. The minimum Gasteiger partial charge on any atom is -0.396 e. The van der Waals surface area contributed by atoms with Gasteiger partial charge in [0.15, 0.2) is 0 Å².